The maximum atomic E-state index is 13.6. The second-order valence-electron chi connectivity index (χ2n) is 4.10. The Kier molecular flexibility index (Phi) is 4.17. The lowest BCUT2D eigenvalue weighted by Crippen LogP contribution is -2.02. The van der Waals surface area contributed by atoms with E-state index in [1.165, 1.54) is 12.1 Å². The van der Waals surface area contributed by atoms with Gasteiger partial charge in [-0.15, -0.1) is 0 Å². The number of para-hydroxylation sites is 1. The zero-order valence-corrected chi connectivity index (χ0v) is 11.1. The van der Waals surface area contributed by atoms with Crippen molar-refractivity contribution in [3.8, 4) is 5.75 Å². The highest BCUT2D eigenvalue weighted by Gasteiger charge is 2.11. The first-order valence-corrected chi connectivity index (χ1v) is 6.11. The molecule has 2 rings (SSSR count). The predicted octanol–water partition coefficient (Wildman–Crippen LogP) is 4.18. The van der Waals surface area contributed by atoms with Crippen molar-refractivity contribution in [2.24, 2.45) is 0 Å². The molecule has 0 unspecified atom stereocenters. The first-order valence-electron chi connectivity index (χ1n) is 5.74. The van der Waals surface area contributed by atoms with E-state index in [1.807, 2.05) is 13.0 Å². The summed E-state index contributed by atoms with van der Waals surface area (Å²) in [6, 6.07) is 9.70. The van der Waals surface area contributed by atoms with Gasteiger partial charge < -0.3 is 4.74 Å². The molecule has 0 atom stereocenters. The number of carbonyl (C=O) groups is 1. The van der Waals surface area contributed by atoms with E-state index in [4.69, 9.17) is 16.3 Å². The molecule has 0 amide bonds. The van der Waals surface area contributed by atoms with Crippen LogP contribution in [0.15, 0.2) is 36.4 Å². The number of halogens is 2. The zero-order chi connectivity index (χ0) is 13.8. The largest absolute Gasteiger partial charge is 0.488 e. The quantitative estimate of drug-likeness (QED) is 0.784. The Labute approximate surface area is 115 Å². The summed E-state index contributed by atoms with van der Waals surface area (Å²) in [5.41, 5.74) is 1.54. The summed E-state index contributed by atoms with van der Waals surface area (Å²) in [5.74, 6) is 0.0329. The van der Waals surface area contributed by atoms with Crippen LogP contribution in [0.4, 0.5) is 4.39 Å². The fourth-order valence-electron chi connectivity index (χ4n) is 1.78. The van der Waals surface area contributed by atoms with E-state index < -0.39 is 5.82 Å². The molecule has 0 N–H and O–H groups in total. The van der Waals surface area contributed by atoms with Crippen molar-refractivity contribution in [2.45, 2.75) is 13.5 Å². The third-order valence-corrected chi connectivity index (χ3v) is 3.15. The van der Waals surface area contributed by atoms with Gasteiger partial charge in [0.1, 0.15) is 18.2 Å². The standard InChI is InChI=1S/C15H12ClFO2/c1-10-4-2-5-11(8-18)15(10)19-9-12-13(16)6-3-7-14(12)17/h2-8H,9H2,1H3. The summed E-state index contributed by atoms with van der Waals surface area (Å²) >= 11 is 5.92. The molecular formula is C15H12ClFO2. The highest BCUT2D eigenvalue weighted by atomic mass is 35.5. The summed E-state index contributed by atoms with van der Waals surface area (Å²) in [6.45, 7) is 1.81. The average Bonchev–Trinajstić information content (AvgIpc) is 2.39. The van der Waals surface area contributed by atoms with Crippen LogP contribution < -0.4 is 4.74 Å². The number of hydrogen-bond donors (Lipinski definition) is 0. The van der Waals surface area contributed by atoms with Crippen molar-refractivity contribution in [3.63, 3.8) is 0 Å². The second-order valence-corrected chi connectivity index (χ2v) is 4.51. The molecule has 0 saturated carbocycles. The van der Waals surface area contributed by atoms with Crippen molar-refractivity contribution in [3.05, 3.63) is 63.9 Å². The lowest BCUT2D eigenvalue weighted by molar-refractivity contribution is 0.111. The molecule has 19 heavy (non-hydrogen) atoms. The molecule has 0 saturated heterocycles. The summed E-state index contributed by atoms with van der Waals surface area (Å²) < 4.78 is 19.2. The van der Waals surface area contributed by atoms with Crippen LogP contribution in [-0.2, 0) is 6.61 Å². The molecule has 4 heteroatoms. The van der Waals surface area contributed by atoms with E-state index in [1.54, 1.807) is 18.2 Å². The molecule has 0 aromatic heterocycles. The average molecular weight is 279 g/mol. The van der Waals surface area contributed by atoms with Gasteiger partial charge in [0.2, 0.25) is 0 Å². The van der Waals surface area contributed by atoms with Crippen molar-refractivity contribution in [2.75, 3.05) is 0 Å². The smallest absolute Gasteiger partial charge is 0.153 e. The fraction of sp³-hybridized carbons (Fsp3) is 0.133. The minimum Gasteiger partial charge on any atom is -0.488 e. The van der Waals surface area contributed by atoms with Gasteiger partial charge in [-0.05, 0) is 30.7 Å². The first kappa shape index (κ1) is 13.6. The van der Waals surface area contributed by atoms with E-state index in [-0.39, 0.29) is 12.2 Å². The van der Waals surface area contributed by atoms with Crippen LogP contribution in [0.25, 0.3) is 0 Å². The lowest BCUT2D eigenvalue weighted by Gasteiger charge is -2.12. The van der Waals surface area contributed by atoms with Gasteiger partial charge in [0, 0.05) is 5.56 Å². The molecule has 0 heterocycles. The number of aldehydes is 1. The van der Waals surface area contributed by atoms with Gasteiger partial charge in [0.15, 0.2) is 6.29 Å². The Morgan fingerprint density at radius 1 is 1.26 bits per heavy atom. The van der Waals surface area contributed by atoms with Crippen LogP contribution >= 0.6 is 11.6 Å². The van der Waals surface area contributed by atoms with E-state index >= 15 is 0 Å². The van der Waals surface area contributed by atoms with Crippen molar-refractivity contribution < 1.29 is 13.9 Å². The van der Waals surface area contributed by atoms with Gasteiger partial charge in [-0.2, -0.15) is 0 Å². The lowest BCUT2D eigenvalue weighted by atomic mass is 10.1. The molecule has 0 aliphatic carbocycles. The highest BCUT2D eigenvalue weighted by Crippen LogP contribution is 2.25. The number of aryl methyl sites for hydroxylation is 1. The van der Waals surface area contributed by atoms with Crippen molar-refractivity contribution >= 4 is 17.9 Å². The van der Waals surface area contributed by atoms with Gasteiger partial charge in [0.05, 0.1) is 10.6 Å². The van der Waals surface area contributed by atoms with Gasteiger partial charge in [0.25, 0.3) is 0 Å². The zero-order valence-electron chi connectivity index (χ0n) is 10.3. The predicted molar refractivity (Wildman–Crippen MR) is 72.3 cm³/mol. The van der Waals surface area contributed by atoms with Crippen LogP contribution in [0.1, 0.15) is 21.5 Å². The van der Waals surface area contributed by atoms with Gasteiger partial charge in [-0.3, -0.25) is 4.79 Å². The van der Waals surface area contributed by atoms with Crippen LogP contribution in [-0.4, -0.2) is 6.29 Å². The molecule has 0 spiro atoms. The molecule has 0 radical (unpaired) electrons. The summed E-state index contributed by atoms with van der Waals surface area (Å²) in [5, 5.41) is 0.307. The fourth-order valence-corrected chi connectivity index (χ4v) is 2.00. The van der Waals surface area contributed by atoms with Gasteiger partial charge in [-0.1, -0.05) is 29.8 Å². The maximum absolute atomic E-state index is 13.6. The normalized spacial score (nSPS) is 10.3. The topological polar surface area (TPSA) is 26.3 Å². The van der Waals surface area contributed by atoms with Gasteiger partial charge >= 0.3 is 0 Å². The van der Waals surface area contributed by atoms with Crippen molar-refractivity contribution in [1.29, 1.82) is 0 Å². The third-order valence-electron chi connectivity index (χ3n) is 2.79. The first-order chi connectivity index (χ1) is 9.13. The Morgan fingerprint density at radius 3 is 2.68 bits per heavy atom. The second kappa shape index (κ2) is 5.85. The molecule has 0 aliphatic heterocycles. The Bertz CT molecular complexity index is 591. The van der Waals surface area contributed by atoms with Crippen LogP contribution in [0, 0.1) is 12.7 Å². The van der Waals surface area contributed by atoms with E-state index in [9.17, 15) is 9.18 Å². The highest BCUT2D eigenvalue weighted by molar-refractivity contribution is 6.31. The maximum Gasteiger partial charge on any atom is 0.153 e. The van der Waals surface area contributed by atoms with E-state index in [2.05, 4.69) is 0 Å². The molecule has 2 aromatic carbocycles. The van der Waals surface area contributed by atoms with Crippen molar-refractivity contribution in [1.82, 2.24) is 0 Å². The van der Waals surface area contributed by atoms with Crippen LogP contribution in [0.3, 0.4) is 0 Å². The van der Waals surface area contributed by atoms with E-state index in [0.717, 1.165) is 5.56 Å². The number of ether oxygens (including phenoxy) is 1. The molecule has 0 bridgehead atoms. The minimum absolute atomic E-state index is 0.0167. The Balaban J connectivity index is 2.26. The molecule has 2 nitrogen and oxygen atoms in total. The minimum atomic E-state index is -0.422. The number of benzene rings is 2. The van der Waals surface area contributed by atoms with E-state index in [0.29, 0.717) is 22.6 Å². The Hall–Kier alpha value is -1.87. The Morgan fingerprint density at radius 2 is 2.00 bits per heavy atom. The third kappa shape index (κ3) is 2.93. The van der Waals surface area contributed by atoms with Crippen LogP contribution in [0.2, 0.25) is 5.02 Å². The molecule has 0 fully saturated rings. The molecule has 0 aliphatic rings. The summed E-state index contributed by atoms with van der Waals surface area (Å²) in [4.78, 5) is 10.9. The molecular weight excluding hydrogens is 267 g/mol. The number of hydrogen-bond acceptors (Lipinski definition) is 2. The number of carbonyl (C=O) groups excluding carboxylic acids is 1. The molecule has 98 valence electrons. The summed E-state index contributed by atoms with van der Waals surface area (Å²) in [7, 11) is 0. The molecule has 2 aromatic rings. The van der Waals surface area contributed by atoms with Crippen LogP contribution in [0.5, 0.6) is 5.75 Å². The summed E-state index contributed by atoms with van der Waals surface area (Å²) in [6.07, 6.45) is 0.714. The SMILES string of the molecule is Cc1cccc(C=O)c1OCc1c(F)cccc1Cl. The van der Waals surface area contributed by atoms with Gasteiger partial charge in [-0.25, -0.2) is 4.39 Å². The number of rotatable bonds is 4. The monoisotopic (exact) mass is 278 g/mol.